The van der Waals surface area contributed by atoms with Crippen LogP contribution in [0.15, 0.2) is 25.0 Å². The Morgan fingerprint density at radius 2 is 1.76 bits per heavy atom. The molecule has 1 rings (SSSR count). The van der Waals surface area contributed by atoms with Crippen molar-refractivity contribution in [3.05, 3.63) is 25.0 Å². The zero-order chi connectivity index (χ0) is 13.1. The van der Waals surface area contributed by atoms with E-state index in [1.807, 2.05) is 0 Å². The van der Waals surface area contributed by atoms with Crippen molar-refractivity contribution in [1.82, 2.24) is 0 Å². The molecule has 1 aliphatic rings. The van der Waals surface area contributed by atoms with Crippen molar-refractivity contribution in [2.75, 3.05) is 6.61 Å². The first-order chi connectivity index (χ1) is 7.78. The minimum Gasteiger partial charge on any atom is -0.495 e. The van der Waals surface area contributed by atoms with Gasteiger partial charge >= 0.3 is 7.12 Å². The zero-order valence-corrected chi connectivity index (χ0v) is 11.4. The molecule has 0 N–H and O–H groups in total. The van der Waals surface area contributed by atoms with E-state index < -0.39 is 0 Å². The highest BCUT2D eigenvalue weighted by Gasteiger charge is 2.50. The van der Waals surface area contributed by atoms with E-state index in [1.54, 1.807) is 6.08 Å². The molecule has 4 heteroatoms. The lowest BCUT2D eigenvalue weighted by Gasteiger charge is -2.32. The number of ether oxygens (including phenoxy) is 1. The van der Waals surface area contributed by atoms with Gasteiger partial charge in [0.25, 0.3) is 0 Å². The fraction of sp³-hybridized carbons (Fsp3) is 0.692. The SMILES string of the molecule is C=CCOC(=C)CCB1OC(C)(C)C(C)(C)O1. The molecule has 0 radical (unpaired) electrons. The Labute approximate surface area is 105 Å². The predicted molar refractivity (Wildman–Crippen MR) is 70.8 cm³/mol. The molecule has 0 atom stereocenters. The summed E-state index contributed by atoms with van der Waals surface area (Å²) in [6.07, 6.45) is 3.22. The van der Waals surface area contributed by atoms with Crippen molar-refractivity contribution >= 4 is 7.12 Å². The highest BCUT2D eigenvalue weighted by atomic mass is 16.7. The molecule has 3 nitrogen and oxygen atoms in total. The van der Waals surface area contributed by atoms with Crippen molar-refractivity contribution < 1.29 is 14.0 Å². The van der Waals surface area contributed by atoms with Crippen molar-refractivity contribution in [2.24, 2.45) is 0 Å². The molecular weight excluding hydrogens is 215 g/mol. The first kappa shape index (κ1) is 14.3. The second kappa shape index (κ2) is 5.28. The van der Waals surface area contributed by atoms with Crippen molar-refractivity contribution in [3.63, 3.8) is 0 Å². The van der Waals surface area contributed by atoms with Crippen LogP contribution >= 0.6 is 0 Å². The van der Waals surface area contributed by atoms with Gasteiger partial charge in [-0.15, -0.1) is 0 Å². The first-order valence-electron chi connectivity index (χ1n) is 6.05. The van der Waals surface area contributed by atoms with Gasteiger partial charge in [-0.2, -0.15) is 0 Å². The Bertz CT molecular complexity index is 281. The predicted octanol–water partition coefficient (Wildman–Crippen LogP) is 3.19. The Morgan fingerprint density at radius 3 is 2.24 bits per heavy atom. The smallest absolute Gasteiger partial charge is 0.458 e. The zero-order valence-electron chi connectivity index (χ0n) is 11.4. The molecule has 0 saturated carbocycles. The van der Waals surface area contributed by atoms with Crippen LogP contribution in [0.2, 0.25) is 6.32 Å². The van der Waals surface area contributed by atoms with Crippen LogP contribution in [-0.4, -0.2) is 24.9 Å². The van der Waals surface area contributed by atoms with E-state index in [0.29, 0.717) is 6.61 Å². The van der Waals surface area contributed by atoms with Crippen molar-refractivity contribution in [2.45, 2.75) is 51.6 Å². The molecule has 0 spiro atoms. The minimum atomic E-state index is -0.263. The second-order valence-electron chi connectivity index (χ2n) is 5.36. The normalized spacial score (nSPS) is 21.3. The Kier molecular flexibility index (Phi) is 4.45. The summed E-state index contributed by atoms with van der Waals surface area (Å²) in [4.78, 5) is 0. The summed E-state index contributed by atoms with van der Waals surface area (Å²) in [7, 11) is -0.177. The molecule has 0 aromatic rings. The molecule has 0 aliphatic carbocycles. The molecule has 1 heterocycles. The Hall–Kier alpha value is -0.735. The Balaban J connectivity index is 2.36. The van der Waals surface area contributed by atoms with E-state index >= 15 is 0 Å². The highest BCUT2D eigenvalue weighted by molar-refractivity contribution is 6.45. The summed E-state index contributed by atoms with van der Waals surface area (Å²) in [5, 5.41) is 0. The molecule has 17 heavy (non-hydrogen) atoms. The molecule has 0 aromatic carbocycles. The average molecular weight is 238 g/mol. The van der Waals surface area contributed by atoms with Gasteiger partial charge in [0, 0.05) is 6.42 Å². The lowest BCUT2D eigenvalue weighted by atomic mass is 9.83. The van der Waals surface area contributed by atoms with E-state index in [1.165, 1.54) is 0 Å². The lowest BCUT2D eigenvalue weighted by molar-refractivity contribution is 0.00578. The fourth-order valence-corrected chi connectivity index (χ4v) is 1.61. The number of hydrogen-bond acceptors (Lipinski definition) is 3. The van der Waals surface area contributed by atoms with Crippen LogP contribution in [0.1, 0.15) is 34.1 Å². The summed E-state index contributed by atoms with van der Waals surface area (Å²) in [5.41, 5.74) is -0.526. The molecule has 1 saturated heterocycles. The summed E-state index contributed by atoms with van der Waals surface area (Å²) in [6, 6.07) is 0. The molecule has 0 bridgehead atoms. The van der Waals surface area contributed by atoms with Gasteiger partial charge in [-0.1, -0.05) is 19.2 Å². The van der Waals surface area contributed by atoms with Crippen LogP contribution in [0.25, 0.3) is 0 Å². The minimum absolute atomic E-state index is 0.177. The first-order valence-corrected chi connectivity index (χ1v) is 6.05. The number of allylic oxidation sites excluding steroid dienone is 1. The molecule has 0 aromatic heterocycles. The molecule has 1 fully saturated rings. The van der Waals surface area contributed by atoms with E-state index in [4.69, 9.17) is 14.0 Å². The summed E-state index contributed by atoms with van der Waals surface area (Å²) in [5.74, 6) is 0.750. The third-order valence-electron chi connectivity index (χ3n) is 3.37. The molecule has 0 amide bonds. The number of hydrogen-bond donors (Lipinski definition) is 0. The third kappa shape index (κ3) is 3.61. The van der Waals surface area contributed by atoms with Crippen LogP contribution < -0.4 is 0 Å². The maximum absolute atomic E-state index is 5.88. The topological polar surface area (TPSA) is 27.7 Å². The average Bonchev–Trinajstić information content (AvgIpc) is 2.41. The monoisotopic (exact) mass is 238 g/mol. The quantitative estimate of drug-likeness (QED) is 0.404. The van der Waals surface area contributed by atoms with Gasteiger partial charge in [-0.3, -0.25) is 0 Å². The van der Waals surface area contributed by atoms with Crippen LogP contribution in [0.3, 0.4) is 0 Å². The van der Waals surface area contributed by atoms with Gasteiger partial charge in [0.2, 0.25) is 0 Å². The van der Waals surface area contributed by atoms with E-state index in [9.17, 15) is 0 Å². The molecular formula is C13H23BO3. The molecule has 0 unspecified atom stereocenters. The van der Waals surface area contributed by atoms with Crippen molar-refractivity contribution in [3.8, 4) is 0 Å². The van der Waals surface area contributed by atoms with Gasteiger partial charge in [0.15, 0.2) is 0 Å². The van der Waals surface area contributed by atoms with E-state index in [0.717, 1.165) is 18.5 Å². The highest BCUT2D eigenvalue weighted by Crippen LogP contribution is 2.38. The summed E-state index contributed by atoms with van der Waals surface area (Å²) in [6.45, 7) is 16.1. The fourth-order valence-electron chi connectivity index (χ4n) is 1.61. The van der Waals surface area contributed by atoms with E-state index in [2.05, 4.69) is 40.9 Å². The second-order valence-corrected chi connectivity index (χ2v) is 5.36. The van der Waals surface area contributed by atoms with Gasteiger partial charge < -0.3 is 14.0 Å². The summed E-state index contributed by atoms with van der Waals surface area (Å²) >= 11 is 0. The van der Waals surface area contributed by atoms with Gasteiger partial charge in [0.1, 0.15) is 6.61 Å². The largest absolute Gasteiger partial charge is 0.495 e. The van der Waals surface area contributed by atoms with Crippen molar-refractivity contribution in [1.29, 1.82) is 0 Å². The van der Waals surface area contributed by atoms with Crippen LogP contribution in [0.5, 0.6) is 0 Å². The standard InChI is InChI=1S/C13H23BO3/c1-7-10-15-11(2)8-9-14-16-12(3,4)13(5,6)17-14/h7H,1-2,8-10H2,3-6H3. The van der Waals surface area contributed by atoms with Gasteiger partial charge in [0.05, 0.1) is 17.0 Å². The van der Waals surface area contributed by atoms with Gasteiger partial charge in [-0.25, -0.2) is 0 Å². The summed E-state index contributed by atoms with van der Waals surface area (Å²) < 4.78 is 17.1. The molecule has 96 valence electrons. The van der Waals surface area contributed by atoms with Crippen LogP contribution in [-0.2, 0) is 14.0 Å². The third-order valence-corrected chi connectivity index (χ3v) is 3.37. The lowest BCUT2D eigenvalue weighted by Crippen LogP contribution is -2.41. The number of rotatable bonds is 6. The Morgan fingerprint density at radius 1 is 1.24 bits per heavy atom. The van der Waals surface area contributed by atoms with Gasteiger partial charge in [-0.05, 0) is 34.0 Å². The maximum Gasteiger partial charge on any atom is 0.458 e. The maximum atomic E-state index is 5.88. The molecule has 1 aliphatic heterocycles. The van der Waals surface area contributed by atoms with E-state index in [-0.39, 0.29) is 18.3 Å². The van der Waals surface area contributed by atoms with Crippen LogP contribution in [0.4, 0.5) is 0 Å². The van der Waals surface area contributed by atoms with Crippen LogP contribution in [0, 0.1) is 0 Å².